The molecule has 2 amide bonds. The topological polar surface area (TPSA) is 49.4 Å². The molecule has 0 aliphatic carbocycles. The number of anilines is 1. The van der Waals surface area contributed by atoms with Crippen LogP contribution in [0.15, 0.2) is 24.3 Å². The zero-order valence-corrected chi connectivity index (χ0v) is 13.9. The Kier molecular flexibility index (Phi) is 5.22. The molecule has 1 fully saturated rings. The van der Waals surface area contributed by atoms with Gasteiger partial charge < -0.3 is 10.2 Å². The molecule has 1 aliphatic heterocycles. The number of nitrogens with zero attached hydrogens (tertiary/aromatic N) is 1. The summed E-state index contributed by atoms with van der Waals surface area (Å²) in [6.07, 6.45) is 1.20. The molecule has 0 bridgehead atoms. The molecule has 4 heteroatoms. The maximum absolute atomic E-state index is 12.3. The van der Waals surface area contributed by atoms with Gasteiger partial charge in [0, 0.05) is 24.7 Å². The van der Waals surface area contributed by atoms with Gasteiger partial charge in [0.15, 0.2) is 0 Å². The predicted molar refractivity (Wildman–Crippen MR) is 88.9 cm³/mol. The van der Waals surface area contributed by atoms with Gasteiger partial charge in [-0.25, -0.2) is 0 Å². The molecule has 1 aliphatic rings. The third-order valence-corrected chi connectivity index (χ3v) is 4.35. The molecule has 1 aromatic carbocycles. The first-order chi connectivity index (χ1) is 10.4. The maximum atomic E-state index is 12.3. The molecule has 0 unspecified atom stereocenters. The number of carbonyl (C=O) groups excluding carboxylic acids is 2. The number of rotatable bonds is 5. The van der Waals surface area contributed by atoms with Crippen LogP contribution in [0.5, 0.6) is 0 Å². The Bertz CT molecular complexity index is 554. The molecule has 1 saturated heterocycles. The van der Waals surface area contributed by atoms with E-state index in [0.717, 1.165) is 12.1 Å². The van der Waals surface area contributed by atoms with Gasteiger partial charge in [-0.3, -0.25) is 9.59 Å². The molecule has 1 heterocycles. The van der Waals surface area contributed by atoms with Crippen molar-refractivity contribution in [3.05, 3.63) is 29.8 Å². The van der Waals surface area contributed by atoms with Crippen LogP contribution in [-0.4, -0.2) is 24.4 Å². The van der Waals surface area contributed by atoms with E-state index in [1.807, 2.05) is 26.0 Å². The van der Waals surface area contributed by atoms with E-state index >= 15 is 0 Å². The van der Waals surface area contributed by atoms with Crippen LogP contribution in [0.1, 0.15) is 52.0 Å². The van der Waals surface area contributed by atoms with E-state index in [1.54, 1.807) is 4.90 Å². The second-order valence-electron chi connectivity index (χ2n) is 6.47. The Morgan fingerprint density at radius 3 is 2.73 bits per heavy atom. The quantitative estimate of drug-likeness (QED) is 0.908. The highest BCUT2D eigenvalue weighted by molar-refractivity contribution is 6.00. The summed E-state index contributed by atoms with van der Waals surface area (Å²) < 4.78 is 0. The van der Waals surface area contributed by atoms with Crippen LogP contribution in [0.2, 0.25) is 0 Å². The van der Waals surface area contributed by atoms with Gasteiger partial charge in [-0.05, 0) is 37.0 Å². The third-order valence-electron chi connectivity index (χ3n) is 4.35. The average Bonchev–Trinajstić information content (AvgIpc) is 2.89. The van der Waals surface area contributed by atoms with E-state index in [2.05, 4.69) is 31.3 Å². The van der Waals surface area contributed by atoms with Crippen LogP contribution in [0, 0.1) is 5.92 Å². The van der Waals surface area contributed by atoms with Gasteiger partial charge in [0.25, 0.3) is 0 Å². The lowest BCUT2D eigenvalue weighted by molar-refractivity contribution is -0.126. The largest absolute Gasteiger partial charge is 0.353 e. The number of carbonyl (C=O) groups is 2. The first-order valence-corrected chi connectivity index (χ1v) is 8.13. The zero-order chi connectivity index (χ0) is 16.3. The molecule has 0 spiro atoms. The summed E-state index contributed by atoms with van der Waals surface area (Å²) in [6.45, 7) is 8.76. The third kappa shape index (κ3) is 3.67. The second-order valence-corrected chi connectivity index (χ2v) is 6.47. The van der Waals surface area contributed by atoms with Gasteiger partial charge in [0.05, 0.1) is 5.92 Å². The van der Waals surface area contributed by atoms with Crippen LogP contribution < -0.4 is 10.2 Å². The van der Waals surface area contributed by atoms with Crippen molar-refractivity contribution in [3.63, 3.8) is 0 Å². The van der Waals surface area contributed by atoms with Crippen molar-refractivity contribution in [2.45, 2.75) is 52.5 Å². The summed E-state index contributed by atoms with van der Waals surface area (Å²) in [5.74, 6) is 0.196. The van der Waals surface area contributed by atoms with Crippen molar-refractivity contribution in [2.75, 3.05) is 11.4 Å². The van der Waals surface area contributed by atoms with Crippen molar-refractivity contribution >= 4 is 17.5 Å². The Hall–Kier alpha value is -1.84. The molecular weight excluding hydrogens is 276 g/mol. The van der Waals surface area contributed by atoms with Gasteiger partial charge in [0.2, 0.25) is 11.8 Å². The number of benzene rings is 1. The first kappa shape index (κ1) is 16.5. The average molecular weight is 302 g/mol. The van der Waals surface area contributed by atoms with E-state index in [9.17, 15) is 9.59 Å². The Morgan fingerprint density at radius 2 is 2.09 bits per heavy atom. The van der Waals surface area contributed by atoms with Crippen molar-refractivity contribution in [1.82, 2.24) is 5.32 Å². The SMILES string of the molecule is CC[C@H](C)NC(=O)[C@@H]1CC(=O)N(c2cccc(C(C)C)c2)C1. The molecule has 120 valence electrons. The molecule has 1 N–H and O–H groups in total. The van der Waals surface area contributed by atoms with Gasteiger partial charge in [0.1, 0.15) is 0 Å². The van der Waals surface area contributed by atoms with Gasteiger partial charge in [-0.15, -0.1) is 0 Å². The Labute approximate surface area is 132 Å². The predicted octanol–water partition coefficient (Wildman–Crippen LogP) is 3.08. The van der Waals surface area contributed by atoms with Crippen LogP contribution in [0.4, 0.5) is 5.69 Å². The van der Waals surface area contributed by atoms with E-state index in [-0.39, 0.29) is 23.8 Å². The zero-order valence-electron chi connectivity index (χ0n) is 13.9. The number of amides is 2. The summed E-state index contributed by atoms with van der Waals surface area (Å²) in [7, 11) is 0. The minimum absolute atomic E-state index is 0.00906. The minimum atomic E-state index is -0.246. The molecule has 22 heavy (non-hydrogen) atoms. The highest BCUT2D eigenvalue weighted by Gasteiger charge is 2.35. The van der Waals surface area contributed by atoms with E-state index in [0.29, 0.717) is 18.9 Å². The summed E-state index contributed by atoms with van der Waals surface area (Å²) in [5.41, 5.74) is 2.10. The minimum Gasteiger partial charge on any atom is -0.353 e. The molecule has 2 rings (SSSR count). The summed E-state index contributed by atoms with van der Waals surface area (Å²) in [6, 6.07) is 8.20. The van der Waals surface area contributed by atoms with Crippen molar-refractivity contribution in [2.24, 2.45) is 5.92 Å². The van der Waals surface area contributed by atoms with Crippen molar-refractivity contribution in [1.29, 1.82) is 0 Å². The Morgan fingerprint density at radius 1 is 1.36 bits per heavy atom. The second kappa shape index (κ2) is 6.95. The van der Waals surface area contributed by atoms with Crippen LogP contribution >= 0.6 is 0 Å². The van der Waals surface area contributed by atoms with E-state index < -0.39 is 0 Å². The van der Waals surface area contributed by atoms with Gasteiger partial charge in [-0.2, -0.15) is 0 Å². The number of hydrogen-bond acceptors (Lipinski definition) is 2. The van der Waals surface area contributed by atoms with Crippen molar-refractivity contribution in [3.8, 4) is 0 Å². The number of nitrogens with one attached hydrogen (secondary N) is 1. The lowest BCUT2D eigenvalue weighted by atomic mass is 10.0. The van der Waals surface area contributed by atoms with Crippen LogP contribution in [0.3, 0.4) is 0 Å². The standard InChI is InChI=1S/C18H26N2O2/c1-5-13(4)19-18(22)15-10-17(21)20(11-15)16-8-6-7-14(9-16)12(2)3/h6-9,12-13,15H,5,10-11H2,1-4H3,(H,19,22)/t13-,15+/m0/s1. The highest BCUT2D eigenvalue weighted by atomic mass is 16.2. The highest BCUT2D eigenvalue weighted by Crippen LogP contribution is 2.28. The molecule has 4 nitrogen and oxygen atoms in total. The molecule has 0 saturated carbocycles. The lowest BCUT2D eigenvalue weighted by Crippen LogP contribution is -2.38. The molecule has 2 atom stereocenters. The van der Waals surface area contributed by atoms with Crippen LogP contribution in [-0.2, 0) is 9.59 Å². The fourth-order valence-corrected chi connectivity index (χ4v) is 2.65. The normalized spacial score (nSPS) is 19.6. The molecular formula is C18H26N2O2. The Balaban J connectivity index is 2.09. The molecule has 0 aromatic heterocycles. The fourth-order valence-electron chi connectivity index (χ4n) is 2.65. The smallest absolute Gasteiger partial charge is 0.227 e. The summed E-state index contributed by atoms with van der Waals surface area (Å²) >= 11 is 0. The van der Waals surface area contributed by atoms with Gasteiger partial charge in [-0.1, -0.05) is 32.9 Å². The number of hydrogen-bond donors (Lipinski definition) is 1. The lowest BCUT2D eigenvalue weighted by Gasteiger charge is -2.19. The maximum Gasteiger partial charge on any atom is 0.227 e. The summed E-state index contributed by atoms with van der Waals surface area (Å²) in [4.78, 5) is 26.2. The summed E-state index contributed by atoms with van der Waals surface area (Å²) in [5, 5.41) is 2.98. The monoisotopic (exact) mass is 302 g/mol. The first-order valence-electron chi connectivity index (χ1n) is 8.13. The van der Waals surface area contributed by atoms with E-state index in [1.165, 1.54) is 5.56 Å². The van der Waals surface area contributed by atoms with Gasteiger partial charge >= 0.3 is 0 Å². The van der Waals surface area contributed by atoms with Crippen molar-refractivity contribution < 1.29 is 9.59 Å². The molecule has 1 aromatic rings. The van der Waals surface area contributed by atoms with Crippen LogP contribution in [0.25, 0.3) is 0 Å². The molecule has 0 radical (unpaired) electrons. The fraction of sp³-hybridized carbons (Fsp3) is 0.556. The van der Waals surface area contributed by atoms with E-state index in [4.69, 9.17) is 0 Å².